The molecule has 0 unspecified atom stereocenters. The van der Waals surface area contributed by atoms with Crippen LogP contribution in [-0.4, -0.2) is 13.1 Å². The number of carbonyl (C=O) groups excluding carboxylic acids is 1. The van der Waals surface area contributed by atoms with E-state index in [4.69, 9.17) is 5.73 Å². The number of methoxy groups -OCH3 is 1. The number of nitrogens with two attached hydrogens (primary N) is 1. The molecule has 2 rings (SSSR count). The SMILES string of the molecule is COC(=O)/C(N)=C/c1cccc2ccsc12. The van der Waals surface area contributed by atoms with Crippen LogP contribution in [0, 0.1) is 0 Å². The number of fused-ring (bicyclic) bond motifs is 1. The van der Waals surface area contributed by atoms with Crippen molar-refractivity contribution >= 4 is 33.5 Å². The monoisotopic (exact) mass is 233 g/mol. The Morgan fingerprint density at radius 3 is 3.00 bits per heavy atom. The lowest BCUT2D eigenvalue weighted by atomic mass is 10.1. The molecule has 0 saturated carbocycles. The maximum atomic E-state index is 11.2. The lowest BCUT2D eigenvalue weighted by molar-refractivity contribution is -0.136. The first-order valence-electron chi connectivity index (χ1n) is 4.74. The molecule has 0 amide bonds. The highest BCUT2D eigenvalue weighted by atomic mass is 32.1. The summed E-state index contributed by atoms with van der Waals surface area (Å²) in [6.45, 7) is 0. The molecule has 3 nitrogen and oxygen atoms in total. The zero-order valence-electron chi connectivity index (χ0n) is 8.77. The van der Waals surface area contributed by atoms with Crippen LogP contribution in [0.3, 0.4) is 0 Å². The Balaban J connectivity index is 2.48. The Bertz CT molecular complexity index is 557. The minimum atomic E-state index is -0.506. The molecular weight excluding hydrogens is 222 g/mol. The predicted molar refractivity (Wildman–Crippen MR) is 66.0 cm³/mol. The van der Waals surface area contributed by atoms with Gasteiger partial charge in [-0.3, -0.25) is 0 Å². The van der Waals surface area contributed by atoms with Gasteiger partial charge in [-0.25, -0.2) is 4.79 Å². The fourth-order valence-corrected chi connectivity index (χ4v) is 2.36. The van der Waals surface area contributed by atoms with Crippen molar-refractivity contribution in [3.63, 3.8) is 0 Å². The van der Waals surface area contributed by atoms with Crippen molar-refractivity contribution in [2.45, 2.75) is 0 Å². The summed E-state index contributed by atoms with van der Waals surface area (Å²) in [6, 6.07) is 7.92. The van der Waals surface area contributed by atoms with E-state index in [0.29, 0.717) is 0 Å². The van der Waals surface area contributed by atoms with Crippen LogP contribution in [0.15, 0.2) is 35.3 Å². The molecule has 0 radical (unpaired) electrons. The second kappa shape index (κ2) is 4.37. The van der Waals surface area contributed by atoms with Crippen molar-refractivity contribution in [2.24, 2.45) is 5.73 Å². The fraction of sp³-hybridized carbons (Fsp3) is 0.0833. The highest BCUT2D eigenvalue weighted by Gasteiger charge is 2.06. The van der Waals surface area contributed by atoms with Gasteiger partial charge in [0.25, 0.3) is 0 Å². The molecule has 0 spiro atoms. The van der Waals surface area contributed by atoms with Crippen LogP contribution in [0.2, 0.25) is 0 Å². The summed E-state index contributed by atoms with van der Waals surface area (Å²) in [5.74, 6) is -0.506. The first-order valence-corrected chi connectivity index (χ1v) is 5.62. The van der Waals surface area contributed by atoms with Crippen molar-refractivity contribution in [1.82, 2.24) is 0 Å². The maximum absolute atomic E-state index is 11.2. The standard InChI is InChI=1S/C12H11NO2S/c1-15-12(14)10(13)7-9-4-2-3-8-5-6-16-11(8)9/h2-7H,13H2,1H3/b10-7-. The summed E-state index contributed by atoms with van der Waals surface area (Å²) < 4.78 is 5.67. The van der Waals surface area contributed by atoms with Gasteiger partial charge in [-0.1, -0.05) is 18.2 Å². The van der Waals surface area contributed by atoms with Gasteiger partial charge < -0.3 is 10.5 Å². The molecule has 1 heterocycles. The van der Waals surface area contributed by atoms with Crippen LogP contribution in [-0.2, 0) is 9.53 Å². The largest absolute Gasteiger partial charge is 0.464 e. The van der Waals surface area contributed by atoms with Crippen molar-refractivity contribution in [1.29, 1.82) is 0 Å². The highest BCUT2D eigenvalue weighted by molar-refractivity contribution is 7.17. The van der Waals surface area contributed by atoms with E-state index >= 15 is 0 Å². The van der Waals surface area contributed by atoms with Crippen molar-refractivity contribution in [3.8, 4) is 0 Å². The average molecular weight is 233 g/mol. The van der Waals surface area contributed by atoms with E-state index in [2.05, 4.69) is 4.74 Å². The molecule has 16 heavy (non-hydrogen) atoms. The number of esters is 1. The number of ether oxygens (including phenoxy) is 1. The molecule has 82 valence electrons. The van der Waals surface area contributed by atoms with Crippen LogP contribution < -0.4 is 5.73 Å². The van der Waals surface area contributed by atoms with Crippen LogP contribution in [0.25, 0.3) is 16.2 Å². The predicted octanol–water partition coefficient (Wildman–Crippen LogP) is 2.37. The Kier molecular flexibility index (Phi) is 2.92. The quantitative estimate of drug-likeness (QED) is 0.640. The average Bonchev–Trinajstić information content (AvgIpc) is 2.77. The lowest BCUT2D eigenvalue weighted by Gasteiger charge is -2.00. The third kappa shape index (κ3) is 1.92. The summed E-state index contributed by atoms with van der Waals surface area (Å²) in [6.07, 6.45) is 1.64. The topological polar surface area (TPSA) is 52.3 Å². The molecule has 0 aliphatic carbocycles. The fourth-order valence-electron chi connectivity index (χ4n) is 1.47. The zero-order chi connectivity index (χ0) is 11.5. The Morgan fingerprint density at radius 2 is 2.25 bits per heavy atom. The van der Waals surface area contributed by atoms with Crippen molar-refractivity contribution in [3.05, 3.63) is 40.9 Å². The van der Waals surface area contributed by atoms with E-state index < -0.39 is 5.97 Å². The van der Waals surface area contributed by atoms with Crippen LogP contribution >= 0.6 is 11.3 Å². The van der Waals surface area contributed by atoms with Gasteiger partial charge in [0.2, 0.25) is 0 Å². The summed E-state index contributed by atoms with van der Waals surface area (Å²) in [5.41, 5.74) is 6.67. The molecular formula is C12H11NO2S. The maximum Gasteiger partial charge on any atom is 0.353 e. The van der Waals surface area contributed by atoms with Gasteiger partial charge in [0.05, 0.1) is 7.11 Å². The van der Waals surface area contributed by atoms with Gasteiger partial charge in [0, 0.05) is 4.70 Å². The van der Waals surface area contributed by atoms with Crippen LogP contribution in [0.4, 0.5) is 0 Å². The Hall–Kier alpha value is -1.81. The molecule has 1 aromatic carbocycles. The van der Waals surface area contributed by atoms with Gasteiger partial charge in [-0.2, -0.15) is 0 Å². The second-order valence-corrected chi connectivity index (χ2v) is 4.19. The smallest absolute Gasteiger partial charge is 0.353 e. The summed E-state index contributed by atoms with van der Waals surface area (Å²) in [7, 11) is 1.31. The molecule has 0 saturated heterocycles. The van der Waals surface area contributed by atoms with Crippen molar-refractivity contribution in [2.75, 3.05) is 7.11 Å². The van der Waals surface area contributed by atoms with Crippen molar-refractivity contribution < 1.29 is 9.53 Å². The van der Waals surface area contributed by atoms with Gasteiger partial charge in [0.1, 0.15) is 5.70 Å². The van der Waals surface area contributed by atoms with Gasteiger partial charge in [-0.05, 0) is 28.5 Å². The molecule has 0 aliphatic heterocycles. The highest BCUT2D eigenvalue weighted by Crippen LogP contribution is 2.25. The number of benzene rings is 1. The molecule has 4 heteroatoms. The third-order valence-corrected chi connectivity index (χ3v) is 3.22. The second-order valence-electron chi connectivity index (χ2n) is 3.28. The van der Waals surface area contributed by atoms with Crippen LogP contribution in [0.5, 0.6) is 0 Å². The minimum absolute atomic E-state index is 0.114. The number of thiophene rings is 1. The third-order valence-electron chi connectivity index (χ3n) is 2.24. The van der Waals surface area contributed by atoms with Gasteiger partial charge in [0.15, 0.2) is 0 Å². The molecule has 0 aliphatic rings. The van der Waals surface area contributed by atoms with E-state index in [-0.39, 0.29) is 5.70 Å². The molecule has 2 N–H and O–H groups in total. The van der Waals surface area contributed by atoms with Crippen LogP contribution in [0.1, 0.15) is 5.56 Å². The van der Waals surface area contributed by atoms with E-state index in [1.165, 1.54) is 7.11 Å². The summed E-state index contributed by atoms with van der Waals surface area (Å²) in [4.78, 5) is 11.2. The normalized spacial score (nSPS) is 11.7. The zero-order valence-corrected chi connectivity index (χ0v) is 9.58. The van der Waals surface area contributed by atoms with E-state index in [0.717, 1.165) is 15.6 Å². The molecule has 0 fully saturated rings. The Labute approximate surface area is 97.1 Å². The van der Waals surface area contributed by atoms with E-state index in [9.17, 15) is 4.79 Å². The lowest BCUT2D eigenvalue weighted by Crippen LogP contribution is -2.12. The molecule has 1 aromatic heterocycles. The number of carbonyl (C=O) groups is 1. The molecule has 2 aromatic rings. The van der Waals surface area contributed by atoms with Gasteiger partial charge in [-0.15, -0.1) is 11.3 Å². The minimum Gasteiger partial charge on any atom is -0.464 e. The first kappa shape index (κ1) is 10.7. The van der Waals surface area contributed by atoms with E-state index in [1.54, 1.807) is 17.4 Å². The van der Waals surface area contributed by atoms with E-state index in [1.807, 2.05) is 29.6 Å². The number of rotatable bonds is 2. The molecule has 0 atom stereocenters. The first-order chi connectivity index (χ1) is 7.72. The Morgan fingerprint density at radius 1 is 1.44 bits per heavy atom. The summed E-state index contributed by atoms with van der Waals surface area (Å²) in [5, 5.41) is 3.16. The van der Waals surface area contributed by atoms with Gasteiger partial charge >= 0.3 is 5.97 Å². The number of hydrogen-bond donors (Lipinski definition) is 1. The summed E-state index contributed by atoms with van der Waals surface area (Å²) >= 11 is 1.62. The number of hydrogen-bond acceptors (Lipinski definition) is 4. The molecule has 0 bridgehead atoms.